The minimum Gasteiger partial charge on any atom is -0.247 e. The third-order valence-corrected chi connectivity index (χ3v) is 4.34. The van der Waals surface area contributed by atoms with Crippen LogP contribution in [0, 0.1) is 13.8 Å². The van der Waals surface area contributed by atoms with Crippen molar-refractivity contribution >= 4 is 39.3 Å². The van der Waals surface area contributed by atoms with Crippen molar-refractivity contribution in [2.75, 3.05) is 0 Å². The van der Waals surface area contributed by atoms with Gasteiger partial charge in [-0.1, -0.05) is 35.5 Å². The molecule has 88 valence electrons. The van der Waals surface area contributed by atoms with Crippen LogP contribution in [0.1, 0.15) is 11.1 Å². The van der Waals surface area contributed by atoms with Gasteiger partial charge < -0.3 is 0 Å². The maximum Gasteiger partial charge on any atom is 0.119 e. The lowest BCUT2D eigenvalue weighted by Gasteiger charge is -2.07. The van der Waals surface area contributed by atoms with Crippen LogP contribution in [0.3, 0.4) is 0 Å². The highest BCUT2D eigenvalue weighted by atomic mass is 79.9. The topological polar surface area (TPSA) is 12.9 Å². The van der Waals surface area contributed by atoms with Crippen molar-refractivity contribution in [1.82, 2.24) is 4.98 Å². The van der Waals surface area contributed by atoms with Crippen molar-refractivity contribution in [3.63, 3.8) is 0 Å². The predicted octanol–water partition coefficient (Wildman–Crippen LogP) is 5.27. The first-order valence-corrected chi connectivity index (χ1v) is 7.11. The molecule has 1 aromatic carbocycles. The van der Waals surface area contributed by atoms with Crippen molar-refractivity contribution in [1.29, 1.82) is 0 Å². The fraction of sp³-hybridized carbons (Fsp3) is 0.154. The molecule has 0 N–H and O–H groups in total. The summed E-state index contributed by atoms with van der Waals surface area (Å²) in [6, 6.07) is 8.24. The molecule has 1 nitrogen and oxygen atoms in total. The van der Waals surface area contributed by atoms with Gasteiger partial charge in [0.2, 0.25) is 0 Å². The number of hydrogen-bond donors (Lipinski definition) is 0. The molecule has 1 aromatic heterocycles. The summed E-state index contributed by atoms with van der Waals surface area (Å²) in [6.45, 7) is 4.18. The molecule has 0 atom stereocenters. The molecule has 0 amide bonds. The molecule has 0 saturated carbocycles. The molecule has 2 rings (SSSR count). The first kappa shape index (κ1) is 12.9. The van der Waals surface area contributed by atoms with E-state index in [9.17, 15) is 0 Å². The molecule has 0 aliphatic rings. The fourth-order valence-corrected chi connectivity index (χ4v) is 3.09. The summed E-state index contributed by atoms with van der Waals surface area (Å²) in [7, 11) is 0. The average molecular weight is 329 g/mol. The van der Waals surface area contributed by atoms with Gasteiger partial charge in [-0.2, -0.15) is 0 Å². The van der Waals surface area contributed by atoms with E-state index in [1.807, 2.05) is 6.07 Å². The molecule has 0 saturated heterocycles. The first-order valence-electron chi connectivity index (χ1n) is 5.12. The molecule has 0 aliphatic heterocycles. The maximum absolute atomic E-state index is 6.16. The van der Waals surface area contributed by atoms with E-state index >= 15 is 0 Å². The zero-order valence-corrected chi connectivity index (χ0v) is 12.7. The number of hydrogen-bond acceptors (Lipinski definition) is 2. The van der Waals surface area contributed by atoms with Gasteiger partial charge in [-0.05, 0) is 53.0 Å². The zero-order chi connectivity index (χ0) is 12.4. The second-order valence-electron chi connectivity index (χ2n) is 3.81. The highest BCUT2D eigenvalue weighted by Gasteiger charge is 2.07. The molecule has 2 aromatic rings. The number of aryl methyl sites for hydroxylation is 2. The van der Waals surface area contributed by atoms with Crippen LogP contribution < -0.4 is 0 Å². The number of nitrogens with zero attached hydrogens (tertiary/aromatic N) is 1. The third-order valence-electron chi connectivity index (χ3n) is 2.32. The van der Waals surface area contributed by atoms with Gasteiger partial charge in [0.1, 0.15) is 5.03 Å². The van der Waals surface area contributed by atoms with E-state index in [0.29, 0.717) is 5.02 Å². The molecule has 0 bridgehead atoms. The summed E-state index contributed by atoms with van der Waals surface area (Å²) in [5.41, 5.74) is 2.48. The van der Waals surface area contributed by atoms with Crippen molar-refractivity contribution in [3.05, 3.63) is 51.1 Å². The smallest absolute Gasteiger partial charge is 0.119 e. The van der Waals surface area contributed by atoms with Crippen molar-refractivity contribution in [2.24, 2.45) is 0 Å². The molecule has 0 spiro atoms. The van der Waals surface area contributed by atoms with E-state index in [2.05, 4.69) is 53.0 Å². The van der Waals surface area contributed by atoms with Gasteiger partial charge in [-0.3, -0.25) is 0 Å². The number of halogens is 2. The average Bonchev–Trinajstić information content (AvgIpc) is 2.27. The van der Waals surface area contributed by atoms with Crippen LogP contribution in [0.5, 0.6) is 0 Å². The molecule has 0 aliphatic carbocycles. The maximum atomic E-state index is 6.16. The fourth-order valence-electron chi connectivity index (χ4n) is 1.40. The Hall–Kier alpha value is -0.510. The molecule has 4 heteroatoms. The van der Waals surface area contributed by atoms with Gasteiger partial charge in [0.15, 0.2) is 0 Å². The molecule has 0 radical (unpaired) electrons. The standard InChI is InChI=1S/C13H11BrClNS/c1-8-3-4-9(2)12(5-8)17-13-11(15)6-10(14)7-16-13/h3-7H,1-2H3. The van der Waals surface area contributed by atoms with Gasteiger partial charge in [0, 0.05) is 15.6 Å². The van der Waals surface area contributed by atoms with E-state index < -0.39 is 0 Å². The Labute approximate surface area is 119 Å². The summed E-state index contributed by atoms with van der Waals surface area (Å²) < 4.78 is 0.896. The number of pyridine rings is 1. The molecule has 0 unspecified atom stereocenters. The van der Waals surface area contributed by atoms with Crippen molar-refractivity contribution in [3.8, 4) is 0 Å². The van der Waals surface area contributed by atoms with Crippen LogP contribution in [-0.2, 0) is 0 Å². The molecule has 1 heterocycles. The van der Waals surface area contributed by atoms with Gasteiger partial charge in [-0.25, -0.2) is 4.98 Å². The summed E-state index contributed by atoms with van der Waals surface area (Å²) >= 11 is 11.1. The molecule has 0 fully saturated rings. The van der Waals surface area contributed by atoms with Crippen LogP contribution >= 0.6 is 39.3 Å². The van der Waals surface area contributed by atoms with E-state index in [4.69, 9.17) is 11.6 Å². The monoisotopic (exact) mass is 327 g/mol. The van der Waals surface area contributed by atoms with Gasteiger partial charge in [-0.15, -0.1) is 0 Å². The van der Waals surface area contributed by atoms with Crippen LogP contribution in [0.2, 0.25) is 5.02 Å². The molecular formula is C13H11BrClNS. The lowest BCUT2D eigenvalue weighted by molar-refractivity contribution is 1.12. The number of rotatable bonds is 2. The summed E-state index contributed by atoms with van der Waals surface area (Å²) in [5.74, 6) is 0. The van der Waals surface area contributed by atoms with Gasteiger partial charge >= 0.3 is 0 Å². The Morgan fingerprint density at radius 3 is 2.71 bits per heavy atom. The van der Waals surface area contributed by atoms with Crippen LogP contribution in [0.4, 0.5) is 0 Å². The van der Waals surface area contributed by atoms with E-state index in [1.54, 1.807) is 18.0 Å². The third kappa shape index (κ3) is 3.24. The number of benzene rings is 1. The second-order valence-corrected chi connectivity index (χ2v) is 6.17. The lowest BCUT2D eigenvalue weighted by Crippen LogP contribution is -1.85. The summed E-state index contributed by atoms with van der Waals surface area (Å²) in [4.78, 5) is 5.52. The lowest BCUT2D eigenvalue weighted by atomic mass is 10.2. The van der Waals surface area contributed by atoms with E-state index in [1.165, 1.54) is 16.0 Å². The van der Waals surface area contributed by atoms with E-state index in [-0.39, 0.29) is 0 Å². The second kappa shape index (κ2) is 5.42. The summed E-state index contributed by atoms with van der Waals surface area (Å²) in [6.07, 6.45) is 1.76. The minimum absolute atomic E-state index is 0.672. The largest absolute Gasteiger partial charge is 0.247 e. The van der Waals surface area contributed by atoms with Crippen LogP contribution in [-0.4, -0.2) is 4.98 Å². The Morgan fingerprint density at radius 1 is 1.24 bits per heavy atom. The van der Waals surface area contributed by atoms with Crippen LogP contribution in [0.15, 0.2) is 44.9 Å². The first-order chi connectivity index (χ1) is 8.06. The SMILES string of the molecule is Cc1ccc(C)c(Sc2ncc(Br)cc2Cl)c1. The Morgan fingerprint density at radius 2 is 2.00 bits per heavy atom. The quantitative estimate of drug-likeness (QED) is 0.745. The highest BCUT2D eigenvalue weighted by Crippen LogP contribution is 2.34. The summed E-state index contributed by atoms with van der Waals surface area (Å²) in [5, 5.41) is 1.51. The predicted molar refractivity (Wildman–Crippen MR) is 77.0 cm³/mol. The van der Waals surface area contributed by atoms with E-state index in [0.717, 1.165) is 9.50 Å². The Bertz CT molecular complexity index is 557. The Balaban J connectivity index is 2.34. The highest BCUT2D eigenvalue weighted by molar-refractivity contribution is 9.10. The minimum atomic E-state index is 0.672. The van der Waals surface area contributed by atoms with Gasteiger partial charge in [0.05, 0.1) is 5.02 Å². The van der Waals surface area contributed by atoms with Gasteiger partial charge in [0.25, 0.3) is 0 Å². The van der Waals surface area contributed by atoms with Crippen LogP contribution in [0.25, 0.3) is 0 Å². The molecule has 17 heavy (non-hydrogen) atoms. The van der Waals surface area contributed by atoms with Crippen molar-refractivity contribution < 1.29 is 0 Å². The zero-order valence-electron chi connectivity index (χ0n) is 9.50. The number of aromatic nitrogens is 1. The Kier molecular flexibility index (Phi) is 4.13. The normalized spacial score (nSPS) is 10.6. The van der Waals surface area contributed by atoms with Crippen molar-refractivity contribution in [2.45, 2.75) is 23.8 Å². The molecular weight excluding hydrogens is 318 g/mol.